The number of nitrogens with one attached hydrogen (secondary N) is 1. The Kier molecular flexibility index (Phi) is 6.79. The first kappa shape index (κ1) is 21.0. The van der Waals surface area contributed by atoms with Gasteiger partial charge in [-0.3, -0.25) is 9.59 Å². The van der Waals surface area contributed by atoms with Crippen LogP contribution in [-0.4, -0.2) is 65.9 Å². The summed E-state index contributed by atoms with van der Waals surface area (Å²) in [6, 6.07) is 10.0. The van der Waals surface area contributed by atoms with Crippen LogP contribution in [0.3, 0.4) is 0 Å². The first-order valence-electron chi connectivity index (χ1n) is 10.9. The third-order valence-electron chi connectivity index (χ3n) is 6.20. The highest BCUT2D eigenvalue weighted by Gasteiger charge is 2.31. The van der Waals surface area contributed by atoms with Gasteiger partial charge in [0.15, 0.2) is 0 Å². The summed E-state index contributed by atoms with van der Waals surface area (Å²) in [6.07, 6.45) is 4.45. The van der Waals surface area contributed by atoms with Gasteiger partial charge >= 0.3 is 0 Å². The van der Waals surface area contributed by atoms with Crippen molar-refractivity contribution in [3.63, 3.8) is 0 Å². The second-order valence-corrected chi connectivity index (χ2v) is 9.27. The minimum Gasteiger partial charge on any atom is -0.348 e. The summed E-state index contributed by atoms with van der Waals surface area (Å²) in [5.74, 6) is 0.298. The van der Waals surface area contributed by atoms with Gasteiger partial charge < -0.3 is 15.1 Å². The third kappa shape index (κ3) is 5.08. The van der Waals surface area contributed by atoms with Crippen LogP contribution in [0.4, 0.5) is 0 Å². The number of likely N-dealkylation sites (N-methyl/N-ethyl adjacent to an activating group) is 1. The van der Waals surface area contributed by atoms with Gasteiger partial charge in [0.1, 0.15) is 10.7 Å². The number of thiazole rings is 1. The fraction of sp³-hybridized carbons (Fsp3) is 0.522. The van der Waals surface area contributed by atoms with Crippen molar-refractivity contribution in [1.29, 1.82) is 0 Å². The molecule has 2 aromatic rings. The third-order valence-corrected chi connectivity index (χ3v) is 7.09. The van der Waals surface area contributed by atoms with E-state index in [9.17, 15) is 9.59 Å². The lowest BCUT2D eigenvalue weighted by Crippen LogP contribution is -2.43. The molecule has 2 heterocycles. The number of hydrogen-bond acceptors (Lipinski definition) is 5. The van der Waals surface area contributed by atoms with Crippen molar-refractivity contribution in [2.45, 2.75) is 38.1 Å². The van der Waals surface area contributed by atoms with Crippen molar-refractivity contribution in [2.75, 3.05) is 33.2 Å². The maximum absolute atomic E-state index is 12.9. The Bertz CT molecular complexity index is 861. The SMILES string of the molecule is CN1CCCN(C(=O)C2CCC(NC(=O)c3csc(-c4ccccc4)n3)CC2)CC1. The van der Waals surface area contributed by atoms with E-state index in [1.807, 2.05) is 40.6 Å². The highest BCUT2D eigenvalue weighted by Crippen LogP contribution is 2.27. The molecule has 7 heteroatoms. The summed E-state index contributed by atoms with van der Waals surface area (Å²) in [7, 11) is 2.12. The Morgan fingerprint density at radius 3 is 2.57 bits per heavy atom. The van der Waals surface area contributed by atoms with Crippen molar-refractivity contribution in [3.8, 4) is 10.6 Å². The molecule has 1 saturated heterocycles. The van der Waals surface area contributed by atoms with E-state index in [1.165, 1.54) is 11.3 Å². The quantitative estimate of drug-likeness (QED) is 0.815. The molecule has 2 aliphatic rings. The zero-order valence-corrected chi connectivity index (χ0v) is 18.4. The summed E-state index contributed by atoms with van der Waals surface area (Å²) in [5, 5.41) is 5.81. The molecule has 0 unspecified atom stereocenters. The van der Waals surface area contributed by atoms with Gasteiger partial charge in [-0.15, -0.1) is 11.3 Å². The molecule has 1 aromatic heterocycles. The Morgan fingerprint density at radius 2 is 1.80 bits per heavy atom. The minimum absolute atomic E-state index is 0.102. The molecule has 1 aliphatic heterocycles. The maximum atomic E-state index is 12.9. The van der Waals surface area contributed by atoms with Crippen molar-refractivity contribution in [2.24, 2.45) is 5.92 Å². The van der Waals surface area contributed by atoms with Crippen LogP contribution in [0.15, 0.2) is 35.7 Å². The number of carbonyl (C=O) groups is 2. The van der Waals surface area contributed by atoms with E-state index in [-0.39, 0.29) is 17.9 Å². The predicted molar refractivity (Wildman–Crippen MR) is 119 cm³/mol. The minimum atomic E-state index is -0.112. The van der Waals surface area contributed by atoms with E-state index in [2.05, 4.69) is 22.2 Å². The van der Waals surface area contributed by atoms with Crippen molar-refractivity contribution in [1.82, 2.24) is 20.1 Å². The smallest absolute Gasteiger partial charge is 0.270 e. The molecule has 6 nitrogen and oxygen atoms in total. The van der Waals surface area contributed by atoms with E-state index in [0.29, 0.717) is 11.6 Å². The lowest BCUT2D eigenvalue weighted by atomic mass is 9.85. The molecule has 1 N–H and O–H groups in total. The van der Waals surface area contributed by atoms with Gasteiger partial charge in [-0.2, -0.15) is 0 Å². The van der Waals surface area contributed by atoms with Crippen LogP contribution in [0.2, 0.25) is 0 Å². The van der Waals surface area contributed by atoms with Crippen molar-refractivity contribution >= 4 is 23.2 Å². The number of carbonyl (C=O) groups excluding carboxylic acids is 2. The van der Waals surface area contributed by atoms with Crippen molar-refractivity contribution in [3.05, 3.63) is 41.4 Å². The van der Waals surface area contributed by atoms with Crippen LogP contribution >= 0.6 is 11.3 Å². The summed E-state index contributed by atoms with van der Waals surface area (Å²) >= 11 is 1.49. The fourth-order valence-electron chi connectivity index (χ4n) is 4.36. The first-order chi connectivity index (χ1) is 14.6. The van der Waals surface area contributed by atoms with Gasteiger partial charge in [0.05, 0.1) is 0 Å². The molecule has 0 spiro atoms. The lowest BCUT2D eigenvalue weighted by molar-refractivity contribution is -0.136. The zero-order valence-electron chi connectivity index (χ0n) is 17.5. The molecule has 160 valence electrons. The highest BCUT2D eigenvalue weighted by molar-refractivity contribution is 7.13. The zero-order chi connectivity index (χ0) is 20.9. The molecule has 2 fully saturated rings. The van der Waals surface area contributed by atoms with Gasteiger partial charge in [0, 0.05) is 42.5 Å². The highest BCUT2D eigenvalue weighted by atomic mass is 32.1. The molecule has 1 saturated carbocycles. The maximum Gasteiger partial charge on any atom is 0.270 e. The van der Waals surface area contributed by atoms with Gasteiger partial charge in [-0.25, -0.2) is 4.98 Å². The summed E-state index contributed by atoms with van der Waals surface area (Å²) in [4.78, 5) is 34.4. The van der Waals surface area contributed by atoms with Crippen LogP contribution in [0.1, 0.15) is 42.6 Å². The van der Waals surface area contributed by atoms with Crippen LogP contribution in [0.5, 0.6) is 0 Å². The molecule has 1 aromatic carbocycles. The molecule has 0 radical (unpaired) electrons. The van der Waals surface area contributed by atoms with Gasteiger partial charge in [0.25, 0.3) is 5.91 Å². The van der Waals surface area contributed by atoms with E-state index in [0.717, 1.165) is 68.9 Å². The standard InChI is InChI=1S/C23H30N4O2S/c1-26-12-5-13-27(15-14-26)23(29)18-8-10-19(11-9-18)24-21(28)20-16-30-22(25-20)17-6-3-2-4-7-17/h2-4,6-7,16,18-19H,5,8-15H2,1H3,(H,24,28). The van der Waals surface area contributed by atoms with Crippen molar-refractivity contribution < 1.29 is 9.59 Å². The summed E-state index contributed by atoms with van der Waals surface area (Å²) in [5.41, 5.74) is 1.51. The molecule has 1 aliphatic carbocycles. The predicted octanol–water partition coefficient (Wildman–Crippen LogP) is 3.26. The fourth-order valence-corrected chi connectivity index (χ4v) is 5.17. The monoisotopic (exact) mass is 426 g/mol. The molecule has 4 rings (SSSR count). The Morgan fingerprint density at radius 1 is 1.03 bits per heavy atom. The average molecular weight is 427 g/mol. The van der Waals surface area contributed by atoms with E-state index < -0.39 is 0 Å². The molecule has 0 bridgehead atoms. The second kappa shape index (κ2) is 9.71. The lowest BCUT2D eigenvalue weighted by Gasteiger charge is -2.32. The number of aromatic nitrogens is 1. The molecule has 0 atom stereocenters. The van der Waals surface area contributed by atoms with E-state index in [4.69, 9.17) is 0 Å². The average Bonchev–Trinajstić information content (AvgIpc) is 3.17. The van der Waals surface area contributed by atoms with Gasteiger partial charge in [-0.1, -0.05) is 30.3 Å². The second-order valence-electron chi connectivity index (χ2n) is 8.41. The van der Waals surface area contributed by atoms with Gasteiger partial charge in [0.2, 0.25) is 5.91 Å². The molecular weight excluding hydrogens is 396 g/mol. The number of amides is 2. The molecule has 2 amide bonds. The van der Waals surface area contributed by atoms with Crippen LogP contribution in [0, 0.1) is 5.92 Å². The largest absolute Gasteiger partial charge is 0.348 e. The normalized spacial score (nSPS) is 23.0. The van der Waals surface area contributed by atoms with Gasteiger partial charge in [-0.05, 0) is 45.7 Å². The molecule has 30 heavy (non-hydrogen) atoms. The molecular formula is C23H30N4O2S. The summed E-state index contributed by atoms with van der Waals surface area (Å²) < 4.78 is 0. The number of benzene rings is 1. The first-order valence-corrected chi connectivity index (χ1v) is 11.8. The van der Waals surface area contributed by atoms with E-state index in [1.54, 1.807) is 0 Å². The van der Waals surface area contributed by atoms with Crippen LogP contribution in [-0.2, 0) is 4.79 Å². The Labute approximate surface area is 182 Å². The number of hydrogen-bond donors (Lipinski definition) is 1. The Balaban J connectivity index is 1.27. The van der Waals surface area contributed by atoms with Crippen LogP contribution < -0.4 is 5.32 Å². The number of rotatable bonds is 4. The summed E-state index contributed by atoms with van der Waals surface area (Å²) in [6.45, 7) is 3.72. The topological polar surface area (TPSA) is 65.5 Å². The van der Waals surface area contributed by atoms with E-state index >= 15 is 0 Å². The van der Waals surface area contributed by atoms with Crippen LogP contribution in [0.25, 0.3) is 10.6 Å². The Hall–Kier alpha value is -2.25. The number of nitrogens with zero attached hydrogens (tertiary/aromatic N) is 3.